The predicted octanol–water partition coefficient (Wildman–Crippen LogP) is 0.594. The summed E-state index contributed by atoms with van der Waals surface area (Å²) in [5.41, 5.74) is 0.921. The highest BCUT2D eigenvalue weighted by molar-refractivity contribution is 5.34. The van der Waals surface area contributed by atoms with Crippen LogP contribution in [0.15, 0.2) is 12.4 Å². The van der Waals surface area contributed by atoms with Gasteiger partial charge in [-0.25, -0.2) is 9.97 Å². The monoisotopic (exact) mass is 211 g/mol. The van der Waals surface area contributed by atoms with Gasteiger partial charge in [0.05, 0.1) is 12.7 Å². The van der Waals surface area contributed by atoms with Crippen LogP contribution in [-0.2, 0) is 4.74 Å². The third-order valence-electron chi connectivity index (χ3n) is 1.95. The minimum Gasteiger partial charge on any atom is -0.391 e. The molecule has 0 amide bonds. The molecule has 1 aromatic heterocycles. The van der Waals surface area contributed by atoms with Gasteiger partial charge in [-0.15, -0.1) is 0 Å². The molecule has 1 aromatic rings. The Morgan fingerprint density at radius 3 is 3.00 bits per heavy atom. The molecule has 1 atom stereocenters. The lowest BCUT2D eigenvalue weighted by atomic mass is 10.2. The molecule has 5 nitrogen and oxygen atoms in total. The van der Waals surface area contributed by atoms with Gasteiger partial charge < -0.3 is 15.2 Å². The number of aryl methyl sites for hydroxylation is 1. The number of aliphatic hydroxyl groups is 1. The average molecular weight is 211 g/mol. The zero-order valence-electron chi connectivity index (χ0n) is 9.10. The zero-order valence-corrected chi connectivity index (χ0v) is 9.10. The molecular weight excluding hydrogens is 194 g/mol. The number of nitrogens with zero attached hydrogens (tertiary/aromatic N) is 2. The van der Waals surface area contributed by atoms with Crippen LogP contribution in [0.1, 0.15) is 12.1 Å². The Morgan fingerprint density at radius 1 is 1.53 bits per heavy atom. The summed E-state index contributed by atoms with van der Waals surface area (Å²) in [6.07, 6.45) is 1.73. The van der Waals surface area contributed by atoms with E-state index in [1.165, 1.54) is 6.33 Å². The molecular formula is C10H17N3O2. The van der Waals surface area contributed by atoms with E-state index in [1.54, 1.807) is 7.11 Å². The molecule has 1 heterocycles. The standard InChI is InChI=1S/C10H17N3O2/c1-8-5-10(13-7-12-8)11-4-3-9(14)6-15-2/h5,7,9,14H,3-4,6H2,1-2H3,(H,11,12,13). The highest BCUT2D eigenvalue weighted by atomic mass is 16.5. The zero-order chi connectivity index (χ0) is 11.1. The lowest BCUT2D eigenvalue weighted by Crippen LogP contribution is -2.18. The summed E-state index contributed by atoms with van der Waals surface area (Å²) in [6.45, 7) is 2.94. The van der Waals surface area contributed by atoms with Crippen LogP contribution in [0.5, 0.6) is 0 Å². The molecule has 0 aliphatic heterocycles. The quantitative estimate of drug-likeness (QED) is 0.721. The van der Waals surface area contributed by atoms with Crippen molar-refractivity contribution < 1.29 is 9.84 Å². The Hall–Kier alpha value is -1.20. The largest absolute Gasteiger partial charge is 0.391 e. The SMILES string of the molecule is COCC(O)CCNc1cc(C)ncn1. The van der Waals surface area contributed by atoms with Gasteiger partial charge in [0.1, 0.15) is 12.1 Å². The highest BCUT2D eigenvalue weighted by Crippen LogP contribution is 2.03. The summed E-state index contributed by atoms with van der Waals surface area (Å²) in [6, 6.07) is 1.86. The molecule has 0 aliphatic rings. The first-order chi connectivity index (χ1) is 7.22. The number of hydrogen-bond acceptors (Lipinski definition) is 5. The summed E-state index contributed by atoms with van der Waals surface area (Å²) in [4.78, 5) is 8.04. The van der Waals surface area contributed by atoms with Crippen molar-refractivity contribution in [2.45, 2.75) is 19.4 Å². The van der Waals surface area contributed by atoms with Crippen molar-refractivity contribution in [3.05, 3.63) is 18.1 Å². The Kier molecular flexibility index (Phi) is 5.00. The Balaban J connectivity index is 2.25. The van der Waals surface area contributed by atoms with Crippen molar-refractivity contribution in [1.29, 1.82) is 0 Å². The predicted molar refractivity (Wildman–Crippen MR) is 57.8 cm³/mol. The maximum atomic E-state index is 9.38. The van der Waals surface area contributed by atoms with Crippen molar-refractivity contribution in [3.63, 3.8) is 0 Å². The van der Waals surface area contributed by atoms with Crippen molar-refractivity contribution in [2.75, 3.05) is 25.6 Å². The van der Waals surface area contributed by atoms with E-state index in [-0.39, 0.29) is 0 Å². The number of nitrogens with one attached hydrogen (secondary N) is 1. The molecule has 2 N–H and O–H groups in total. The fourth-order valence-corrected chi connectivity index (χ4v) is 1.19. The smallest absolute Gasteiger partial charge is 0.129 e. The summed E-state index contributed by atoms with van der Waals surface area (Å²) in [5, 5.41) is 12.5. The van der Waals surface area contributed by atoms with E-state index in [1.807, 2.05) is 13.0 Å². The number of methoxy groups -OCH3 is 1. The molecule has 0 fully saturated rings. The third kappa shape index (κ3) is 4.71. The number of ether oxygens (including phenoxy) is 1. The van der Waals surface area contributed by atoms with Gasteiger partial charge in [0.15, 0.2) is 0 Å². The lowest BCUT2D eigenvalue weighted by Gasteiger charge is -2.10. The molecule has 5 heteroatoms. The lowest BCUT2D eigenvalue weighted by molar-refractivity contribution is 0.0615. The van der Waals surface area contributed by atoms with Crippen molar-refractivity contribution in [2.24, 2.45) is 0 Å². The molecule has 1 rings (SSSR count). The van der Waals surface area contributed by atoms with Crippen LogP contribution in [0.25, 0.3) is 0 Å². The topological polar surface area (TPSA) is 67.3 Å². The molecule has 15 heavy (non-hydrogen) atoms. The van der Waals surface area contributed by atoms with Gasteiger partial charge in [-0.2, -0.15) is 0 Å². The van der Waals surface area contributed by atoms with Crippen LogP contribution >= 0.6 is 0 Å². The van der Waals surface area contributed by atoms with Crippen LogP contribution in [0.3, 0.4) is 0 Å². The normalized spacial score (nSPS) is 12.5. The first-order valence-electron chi connectivity index (χ1n) is 4.92. The third-order valence-corrected chi connectivity index (χ3v) is 1.95. The number of aliphatic hydroxyl groups excluding tert-OH is 1. The molecule has 0 aromatic carbocycles. The van der Waals surface area contributed by atoms with E-state index < -0.39 is 6.10 Å². The average Bonchev–Trinajstić information content (AvgIpc) is 2.18. The summed E-state index contributed by atoms with van der Waals surface area (Å²) < 4.78 is 4.82. The van der Waals surface area contributed by atoms with Crippen LogP contribution in [0.4, 0.5) is 5.82 Å². The van der Waals surface area contributed by atoms with E-state index in [0.29, 0.717) is 19.6 Å². The minimum atomic E-state index is -0.426. The fourth-order valence-electron chi connectivity index (χ4n) is 1.19. The Bertz CT molecular complexity index is 294. The summed E-state index contributed by atoms with van der Waals surface area (Å²) in [7, 11) is 1.57. The molecule has 0 radical (unpaired) electrons. The Labute approximate surface area is 89.5 Å². The van der Waals surface area contributed by atoms with Gasteiger partial charge in [-0.3, -0.25) is 0 Å². The van der Waals surface area contributed by atoms with Gasteiger partial charge in [0.2, 0.25) is 0 Å². The van der Waals surface area contributed by atoms with Crippen LogP contribution in [0.2, 0.25) is 0 Å². The van der Waals surface area contributed by atoms with E-state index >= 15 is 0 Å². The Morgan fingerprint density at radius 2 is 2.33 bits per heavy atom. The van der Waals surface area contributed by atoms with E-state index in [4.69, 9.17) is 4.74 Å². The van der Waals surface area contributed by atoms with Gasteiger partial charge >= 0.3 is 0 Å². The first-order valence-corrected chi connectivity index (χ1v) is 4.92. The second kappa shape index (κ2) is 6.31. The number of anilines is 1. The molecule has 84 valence electrons. The molecule has 0 saturated heterocycles. The minimum absolute atomic E-state index is 0.366. The van der Waals surface area contributed by atoms with Crippen molar-refractivity contribution in [1.82, 2.24) is 9.97 Å². The number of rotatable bonds is 6. The van der Waals surface area contributed by atoms with Gasteiger partial charge in [-0.05, 0) is 13.3 Å². The molecule has 0 aliphatic carbocycles. The molecule has 0 bridgehead atoms. The van der Waals surface area contributed by atoms with Gasteiger partial charge in [0, 0.05) is 25.4 Å². The summed E-state index contributed by atoms with van der Waals surface area (Å²) in [5.74, 6) is 0.784. The van der Waals surface area contributed by atoms with Crippen LogP contribution in [0, 0.1) is 6.92 Å². The van der Waals surface area contributed by atoms with E-state index in [2.05, 4.69) is 15.3 Å². The van der Waals surface area contributed by atoms with Gasteiger partial charge in [0.25, 0.3) is 0 Å². The fraction of sp³-hybridized carbons (Fsp3) is 0.600. The van der Waals surface area contributed by atoms with Crippen LogP contribution in [-0.4, -0.2) is 41.4 Å². The molecule has 0 spiro atoms. The molecule has 1 unspecified atom stereocenters. The van der Waals surface area contributed by atoms with Gasteiger partial charge in [-0.1, -0.05) is 0 Å². The van der Waals surface area contributed by atoms with Crippen molar-refractivity contribution in [3.8, 4) is 0 Å². The molecule has 0 saturated carbocycles. The maximum Gasteiger partial charge on any atom is 0.129 e. The maximum absolute atomic E-state index is 9.38. The summed E-state index contributed by atoms with van der Waals surface area (Å²) >= 11 is 0. The van der Waals surface area contributed by atoms with Crippen LogP contribution < -0.4 is 5.32 Å². The van der Waals surface area contributed by atoms with E-state index in [9.17, 15) is 5.11 Å². The second-order valence-corrected chi connectivity index (χ2v) is 3.37. The number of hydrogen-bond donors (Lipinski definition) is 2. The first kappa shape index (κ1) is 11.9. The highest BCUT2D eigenvalue weighted by Gasteiger charge is 2.02. The second-order valence-electron chi connectivity index (χ2n) is 3.37. The van der Waals surface area contributed by atoms with Crippen molar-refractivity contribution >= 4 is 5.82 Å². The van der Waals surface area contributed by atoms with E-state index in [0.717, 1.165) is 11.5 Å². The number of aromatic nitrogens is 2.